The number of nitrogens with one attached hydrogen (secondary N) is 1. The van der Waals surface area contributed by atoms with Gasteiger partial charge in [0.25, 0.3) is 0 Å². The zero-order valence-corrected chi connectivity index (χ0v) is 12.4. The summed E-state index contributed by atoms with van der Waals surface area (Å²) >= 11 is 0. The SMILES string of the molecule is Cc1ccc(CNC(C)c2cccc(OC(F)F)c2)cc1F. The highest BCUT2D eigenvalue weighted by atomic mass is 19.3. The summed E-state index contributed by atoms with van der Waals surface area (Å²) in [4.78, 5) is 0. The van der Waals surface area contributed by atoms with Gasteiger partial charge in [0, 0.05) is 12.6 Å². The van der Waals surface area contributed by atoms with Crippen molar-refractivity contribution in [2.75, 3.05) is 0 Å². The first kappa shape index (κ1) is 16.4. The van der Waals surface area contributed by atoms with Gasteiger partial charge in [-0.15, -0.1) is 0 Å². The Kier molecular flexibility index (Phi) is 5.44. The Hall–Kier alpha value is -2.01. The predicted molar refractivity (Wildman–Crippen MR) is 79.5 cm³/mol. The van der Waals surface area contributed by atoms with Crippen LogP contribution < -0.4 is 10.1 Å². The molecule has 0 spiro atoms. The van der Waals surface area contributed by atoms with Gasteiger partial charge in [-0.3, -0.25) is 0 Å². The molecule has 1 unspecified atom stereocenters. The van der Waals surface area contributed by atoms with Gasteiger partial charge in [0.05, 0.1) is 0 Å². The second-order valence-corrected chi connectivity index (χ2v) is 5.14. The molecule has 0 aromatic heterocycles. The lowest BCUT2D eigenvalue weighted by atomic mass is 10.1. The summed E-state index contributed by atoms with van der Waals surface area (Å²) in [6.45, 7) is 1.27. The lowest BCUT2D eigenvalue weighted by Crippen LogP contribution is -2.18. The smallest absolute Gasteiger partial charge is 0.387 e. The van der Waals surface area contributed by atoms with Crippen molar-refractivity contribution in [3.05, 3.63) is 65.0 Å². The normalized spacial score (nSPS) is 12.5. The van der Waals surface area contributed by atoms with E-state index < -0.39 is 6.61 Å². The second kappa shape index (κ2) is 7.31. The van der Waals surface area contributed by atoms with Crippen molar-refractivity contribution in [3.63, 3.8) is 0 Å². The van der Waals surface area contributed by atoms with E-state index in [4.69, 9.17) is 0 Å². The lowest BCUT2D eigenvalue weighted by molar-refractivity contribution is -0.0499. The van der Waals surface area contributed by atoms with Crippen LogP contribution >= 0.6 is 0 Å². The molecule has 0 saturated heterocycles. The Balaban J connectivity index is 1.99. The van der Waals surface area contributed by atoms with Crippen LogP contribution in [0.15, 0.2) is 42.5 Å². The molecule has 2 nitrogen and oxygen atoms in total. The Morgan fingerprint density at radius 2 is 1.91 bits per heavy atom. The van der Waals surface area contributed by atoms with E-state index >= 15 is 0 Å². The molecule has 0 aliphatic rings. The molecular weight excluding hydrogens is 291 g/mol. The molecule has 0 radical (unpaired) electrons. The van der Waals surface area contributed by atoms with E-state index in [1.165, 1.54) is 12.1 Å². The number of rotatable bonds is 6. The minimum Gasteiger partial charge on any atom is -0.435 e. The summed E-state index contributed by atoms with van der Waals surface area (Å²) in [6.07, 6.45) is 0. The zero-order valence-electron chi connectivity index (χ0n) is 12.4. The van der Waals surface area contributed by atoms with E-state index in [9.17, 15) is 13.2 Å². The second-order valence-electron chi connectivity index (χ2n) is 5.14. The minimum absolute atomic E-state index is 0.0782. The first-order chi connectivity index (χ1) is 10.5. The van der Waals surface area contributed by atoms with Crippen molar-refractivity contribution in [2.24, 2.45) is 0 Å². The Morgan fingerprint density at radius 3 is 2.59 bits per heavy atom. The molecule has 0 heterocycles. The summed E-state index contributed by atoms with van der Waals surface area (Å²) < 4.78 is 42.3. The first-order valence-electron chi connectivity index (χ1n) is 6.99. The van der Waals surface area contributed by atoms with Crippen LogP contribution in [0.2, 0.25) is 0 Å². The lowest BCUT2D eigenvalue weighted by Gasteiger charge is -2.16. The standard InChI is InChI=1S/C17H18F3NO/c1-11-6-7-13(8-16(11)18)10-21-12(2)14-4-3-5-15(9-14)22-17(19)20/h3-9,12,17,21H,10H2,1-2H3. The van der Waals surface area contributed by atoms with E-state index in [1.54, 1.807) is 25.1 Å². The Bertz CT molecular complexity index is 631. The molecule has 22 heavy (non-hydrogen) atoms. The third-order valence-electron chi connectivity index (χ3n) is 3.43. The average Bonchev–Trinajstić information content (AvgIpc) is 2.48. The topological polar surface area (TPSA) is 21.3 Å². The molecule has 0 bridgehead atoms. The number of alkyl halides is 2. The number of hydrogen-bond donors (Lipinski definition) is 1. The van der Waals surface area contributed by atoms with E-state index in [0.717, 1.165) is 11.1 Å². The zero-order chi connectivity index (χ0) is 16.1. The third kappa shape index (κ3) is 4.49. The van der Waals surface area contributed by atoms with E-state index in [1.807, 2.05) is 19.1 Å². The van der Waals surface area contributed by atoms with Crippen LogP contribution in [0.5, 0.6) is 5.75 Å². The van der Waals surface area contributed by atoms with Crippen molar-refractivity contribution in [2.45, 2.75) is 33.0 Å². The maximum atomic E-state index is 13.5. The molecular formula is C17H18F3NO. The number of halogens is 3. The summed E-state index contributed by atoms with van der Waals surface area (Å²) in [5, 5.41) is 3.23. The van der Waals surface area contributed by atoms with E-state index in [0.29, 0.717) is 12.1 Å². The number of ether oxygens (including phenoxy) is 1. The summed E-state index contributed by atoms with van der Waals surface area (Å²) in [6, 6.07) is 11.5. The van der Waals surface area contributed by atoms with Crippen molar-refractivity contribution in [1.29, 1.82) is 0 Å². The van der Waals surface area contributed by atoms with Crippen LogP contribution in [0.25, 0.3) is 0 Å². The number of aryl methyl sites for hydroxylation is 1. The van der Waals surface area contributed by atoms with E-state index in [2.05, 4.69) is 10.1 Å². The van der Waals surface area contributed by atoms with E-state index in [-0.39, 0.29) is 17.6 Å². The molecule has 2 aromatic carbocycles. The third-order valence-corrected chi connectivity index (χ3v) is 3.43. The molecule has 0 saturated carbocycles. The van der Waals surface area contributed by atoms with Crippen LogP contribution in [-0.4, -0.2) is 6.61 Å². The van der Waals surface area contributed by atoms with Gasteiger partial charge < -0.3 is 10.1 Å². The fraction of sp³-hybridized carbons (Fsp3) is 0.294. The fourth-order valence-electron chi connectivity index (χ4n) is 2.10. The maximum absolute atomic E-state index is 13.5. The highest BCUT2D eigenvalue weighted by Gasteiger charge is 2.09. The summed E-state index contributed by atoms with van der Waals surface area (Å²) in [5.41, 5.74) is 2.26. The van der Waals surface area contributed by atoms with Crippen molar-refractivity contribution < 1.29 is 17.9 Å². The highest BCUT2D eigenvalue weighted by Crippen LogP contribution is 2.21. The van der Waals surface area contributed by atoms with Crippen molar-refractivity contribution in [1.82, 2.24) is 5.32 Å². The van der Waals surface area contributed by atoms with Gasteiger partial charge in [-0.05, 0) is 48.7 Å². The molecule has 5 heteroatoms. The maximum Gasteiger partial charge on any atom is 0.387 e. The average molecular weight is 309 g/mol. The first-order valence-corrected chi connectivity index (χ1v) is 6.99. The van der Waals surface area contributed by atoms with Crippen molar-refractivity contribution >= 4 is 0 Å². The van der Waals surface area contributed by atoms with Crippen LogP contribution in [-0.2, 0) is 6.54 Å². The molecule has 1 N–H and O–H groups in total. The van der Waals surface area contributed by atoms with Gasteiger partial charge in [-0.25, -0.2) is 4.39 Å². The molecule has 0 amide bonds. The quantitative estimate of drug-likeness (QED) is 0.843. The number of hydrogen-bond acceptors (Lipinski definition) is 2. The number of benzene rings is 2. The van der Waals surface area contributed by atoms with Crippen molar-refractivity contribution in [3.8, 4) is 5.75 Å². The summed E-state index contributed by atoms with van der Waals surface area (Å²) in [5.74, 6) is -0.109. The van der Waals surface area contributed by atoms with Gasteiger partial charge in [0.1, 0.15) is 11.6 Å². The summed E-state index contributed by atoms with van der Waals surface area (Å²) in [7, 11) is 0. The van der Waals surface area contributed by atoms with Crippen LogP contribution in [0, 0.1) is 12.7 Å². The molecule has 118 valence electrons. The van der Waals surface area contributed by atoms with Gasteiger partial charge in [0.15, 0.2) is 0 Å². The largest absolute Gasteiger partial charge is 0.435 e. The molecule has 0 aliphatic carbocycles. The van der Waals surface area contributed by atoms with Crippen LogP contribution in [0.1, 0.15) is 29.7 Å². The van der Waals surface area contributed by atoms with Gasteiger partial charge in [-0.1, -0.05) is 24.3 Å². The minimum atomic E-state index is -2.84. The van der Waals surface area contributed by atoms with Crippen LogP contribution in [0.4, 0.5) is 13.2 Å². The van der Waals surface area contributed by atoms with Crippen LogP contribution in [0.3, 0.4) is 0 Å². The fourth-order valence-corrected chi connectivity index (χ4v) is 2.10. The molecule has 0 aliphatic heterocycles. The van der Waals surface area contributed by atoms with Gasteiger partial charge >= 0.3 is 6.61 Å². The van der Waals surface area contributed by atoms with Gasteiger partial charge in [0.2, 0.25) is 0 Å². The Labute approximate surface area is 127 Å². The molecule has 0 fully saturated rings. The molecule has 2 rings (SSSR count). The molecule has 1 atom stereocenters. The monoisotopic (exact) mass is 309 g/mol. The highest BCUT2D eigenvalue weighted by molar-refractivity contribution is 5.30. The molecule has 2 aromatic rings. The Morgan fingerprint density at radius 1 is 1.14 bits per heavy atom. The van der Waals surface area contributed by atoms with Gasteiger partial charge in [-0.2, -0.15) is 8.78 Å². The predicted octanol–water partition coefficient (Wildman–Crippen LogP) is 4.59.